The summed E-state index contributed by atoms with van der Waals surface area (Å²) in [6.45, 7) is 3.62. The molecule has 0 aliphatic carbocycles. The molecule has 1 aliphatic rings. The molecule has 0 radical (unpaired) electrons. The van der Waals surface area contributed by atoms with E-state index in [1.165, 1.54) is 24.3 Å². The number of likely N-dealkylation sites (N-methyl/N-ethyl adjacent to an activating group) is 1. The highest BCUT2D eigenvalue weighted by Crippen LogP contribution is 2.18. The Kier molecular flexibility index (Phi) is 4.94. The van der Waals surface area contributed by atoms with Crippen molar-refractivity contribution in [3.63, 3.8) is 0 Å². The quantitative estimate of drug-likeness (QED) is 0.703. The molecule has 2 unspecified atom stereocenters. The molecule has 21 heavy (non-hydrogen) atoms. The zero-order valence-electron chi connectivity index (χ0n) is 11.7. The molecule has 1 amide bonds. The Morgan fingerprint density at radius 2 is 2.00 bits per heavy atom. The van der Waals surface area contributed by atoms with Crippen molar-refractivity contribution >= 4 is 21.6 Å². The maximum absolute atomic E-state index is 12.2. The first-order chi connectivity index (χ1) is 9.91. The lowest BCUT2D eigenvalue weighted by molar-refractivity contribution is -0.120. The van der Waals surface area contributed by atoms with Gasteiger partial charge in [0.05, 0.1) is 24.0 Å². The van der Waals surface area contributed by atoms with E-state index in [1.54, 1.807) is 0 Å². The molecule has 116 valence electrons. The normalized spacial score (nSPS) is 22.2. The van der Waals surface area contributed by atoms with E-state index in [2.05, 4.69) is 10.6 Å². The van der Waals surface area contributed by atoms with Crippen molar-refractivity contribution < 1.29 is 17.9 Å². The van der Waals surface area contributed by atoms with Crippen LogP contribution in [0.4, 0.5) is 5.69 Å². The van der Waals surface area contributed by atoms with Crippen LogP contribution in [-0.4, -0.2) is 40.1 Å². The molecule has 0 saturated carbocycles. The van der Waals surface area contributed by atoms with Gasteiger partial charge in [-0.25, -0.2) is 13.6 Å². The molecule has 1 aromatic carbocycles. The summed E-state index contributed by atoms with van der Waals surface area (Å²) in [6, 6.07) is 5.74. The minimum Gasteiger partial charge on any atom is -0.379 e. The average Bonchev–Trinajstić information content (AvgIpc) is 2.87. The van der Waals surface area contributed by atoms with Gasteiger partial charge in [0.1, 0.15) is 0 Å². The molecule has 1 saturated heterocycles. The van der Waals surface area contributed by atoms with E-state index in [0.29, 0.717) is 18.9 Å². The van der Waals surface area contributed by atoms with Crippen LogP contribution >= 0.6 is 0 Å². The Hall–Kier alpha value is -1.48. The van der Waals surface area contributed by atoms with E-state index in [9.17, 15) is 13.2 Å². The summed E-state index contributed by atoms with van der Waals surface area (Å²) in [5, 5.41) is 11.0. The summed E-state index contributed by atoms with van der Waals surface area (Å²) in [5.41, 5.74) is 0.523. The lowest BCUT2D eigenvalue weighted by Gasteiger charge is -2.17. The van der Waals surface area contributed by atoms with E-state index in [0.717, 1.165) is 6.54 Å². The molecule has 1 heterocycles. The predicted octanol–water partition coefficient (Wildman–Crippen LogP) is -0.103. The number of anilines is 1. The lowest BCUT2D eigenvalue weighted by atomic mass is 10.0. The van der Waals surface area contributed by atoms with Crippen LogP contribution in [0.15, 0.2) is 29.2 Å². The Morgan fingerprint density at radius 3 is 2.57 bits per heavy atom. The van der Waals surface area contributed by atoms with Gasteiger partial charge in [0.2, 0.25) is 15.9 Å². The second-order valence-electron chi connectivity index (χ2n) is 4.87. The largest absolute Gasteiger partial charge is 0.379 e. The first-order valence-corrected chi connectivity index (χ1v) is 8.21. The van der Waals surface area contributed by atoms with Crippen molar-refractivity contribution in [2.24, 2.45) is 11.1 Å². The zero-order chi connectivity index (χ0) is 15.5. The summed E-state index contributed by atoms with van der Waals surface area (Å²) < 4.78 is 27.6. The monoisotopic (exact) mass is 313 g/mol. The molecule has 1 aliphatic heterocycles. The number of carbonyl (C=O) groups excluding carboxylic acids is 1. The SMILES string of the molecule is CCNC1COCC1C(=O)Nc1ccc(S(N)(=O)=O)cc1. The number of benzene rings is 1. The van der Waals surface area contributed by atoms with Gasteiger partial charge in [-0.2, -0.15) is 0 Å². The molecule has 0 spiro atoms. The topological polar surface area (TPSA) is 111 Å². The van der Waals surface area contributed by atoms with E-state index < -0.39 is 10.0 Å². The number of rotatable bonds is 5. The number of nitrogens with two attached hydrogens (primary N) is 1. The molecule has 0 bridgehead atoms. The Labute approximate surface area is 123 Å². The third kappa shape index (κ3) is 4.01. The van der Waals surface area contributed by atoms with Crippen LogP contribution in [0, 0.1) is 5.92 Å². The maximum atomic E-state index is 12.2. The van der Waals surface area contributed by atoms with Crippen LogP contribution < -0.4 is 15.8 Å². The molecular weight excluding hydrogens is 294 g/mol. The third-order valence-corrected chi connectivity index (χ3v) is 4.26. The Bertz CT molecular complexity index is 600. The first kappa shape index (κ1) is 15.9. The van der Waals surface area contributed by atoms with Gasteiger partial charge in [0.15, 0.2) is 0 Å². The van der Waals surface area contributed by atoms with Crippen molar-refractivity contribution in [2.45, 2.75) is 17.9 Å². The number of carbonyl (C=O) groups is 1. The number of ether oxygens (including phenoxy) is 1. The number of amides is 1. The van der Waals surface area contributed by atoms with Gasteiger partial charge in [-0.3, -0.25) is 4.79 Å². The van der Waals surface area contributed by atoms with Crippen molar-refractivity contribution in [1.29, 1.82) is 0 Å². The summed E-state index contributed by atoms with van der Waals surface area (Å²) >= 11 is 0. The molecule has 1 aromatic rings. The van der Waals surface area contributed by atoms with Crippen molar-refractivity contribution in [2.75, 3.05) is 25.1 Å². The minimum atomic E-state index is -3.72. The molecule has 2 atom stereocenters. The van der Waals surface area contributed by atoms with E-state index in [4.69, 9.17) is 9.88 Å². The van der Waals surface area contributed by atoms with Gasteiger partial charge in [-0.15, -0.1) is 0 Å². The minimum absolute atomic E-state index is 0.00121. The second-order valence-corrected chi connectivity index (χ2v) is 6.43. The van der Waals surface area contributed by atoms with Crippen LogP contribution in [0.25, 0.3) is 0 Å². The van der Waals surface area contributed by atoms with Gasteiger partial charge in [0, 0.05) is 11.7 Å². The lowest BCUT2D eigenvalue weighted by Crippen LogP contribution is -2.41. The molecule has 4 N–H and O–H groups in total. The molecule has 2 rings (SSSR count). The van der Waals surface area contributed by atoms with Gasteiger partial charge in [-0.1, -0.05) is 6.92 Å². The highest BCUT2D eigenvalue weighted by molar-refractivity contribution is 7.89. The summed E-state index contributed by atoms with van der Waals surface area (Å²) in [7, 11) is -3.72. The van der Waals surface area contributed by atoms with Crippen molar-refractivity contribution in [3.05, 3.63) is 24.3 Å². The maximum Gasteiger partial charge on any atom is 0.238 e. The fraction of sp³-hybridized carbons (Fsp3) is 0.462. The Balaban J connectivity index is 2.02. The van der Waals surface area contributed by atoms with Gasteiger partial charge in [-0.05, 0) is 30.8 Å². The first-order valence-electron chi connectivity index (χ1n) is 6.66. The van der Waals surface area contributed by atoms with Gasteiger partial charge < -0.3 is 15.4 Å². The number of nitrogens with one attached hydrogen (secondary N) is 2. The van der Waals surface area contributed by atoms with Crippen LogP contribution in [0.2, 0.25) is 0 Å². The van der Waals surface area contributed by atoms with Crippen LogP contribution in [0.3, 0.4) is 0 Å². The summed E-state index contributed by atoms with van der Waals surface area (Å²) in [5.74, 6) is -0.412. The highest BCUT2D eigenvalue weighted by atomic mass is 32.2. The van der Waals surface area contributed by atoms with Gasteiger partial charge >= 0.3 is 0 Å². The predicted molar refractivity (Wildman–Crippen MR) is 78.2 cm³/mol. The zero-order valence-corrected chi connectivity index (χ0v) is 12.5. The fourth-order valence-corrected chi connectivity index (χ4v) is 2.75. The second kappa shape index (κ2) is 6.52. The van der Waals surface area contributed by atoms with Crippen molar-refractivity contribution in [3.8, 4) is 0 Å². The molecule has 1 fully saturated rings. The van der Waals surface area contributed by atoms with E-state index in [1.807, 2.05) is 6.92 Å². The third-order valence-electron chi connectivity index (χ3n) is 3.33. The standard InChI is InChI=1S/C13H19N3O4S/c1-2-15-12-8-20-7-11(12)13(17)16-9-3-5-10(6-4-9)21(14,18)19/h3-6,11-12,15H,2,7-8H2,1H3,(H,16,17)(H2,14,18,19). The van der Waals surface area contributed by atoms with Crippen molar-refractivity contribution in [1.82, 2.24) is 5.32 Å². The average molecular weight is 313 g/mol. The van der Waals surface area contributed by atoms with Gasteiger partial charge in [0.25, 0.3) is 0 Å². The van der Waals surface area contributed by atoms with E-state index >= 15 is 0 Å². The molecule has 7 nitrogen and oxygen atoms in total. The summed E-state index contributed by atoms with van der Waals surface area (Å²) in [6.07, 6.45) is 0. The fourth-order valence-electron chi connectivity index (χ4n) is 2.24. The van der Waals surface area contributed by atoms with Crippen LogP contribution in [0.1, 0.15) is 6.92 Å². The number of sulfonamides is 1. The molecule has 0 aromatic heterocycles. The smallest absolute Gasteiger partial charge is 0.238 e. The highest BCUT2D eigenvalue weighted by Gasteiger charge is 2.33. The molecular formula is C13H19N3O4S. The van der Waals surface area contributed by atoms with Crippen LogP contribution in [0.5, 0.6) is 0 Å². The summed E-state index contributed by atoms with van der Waals surface area (Å²) in [4.78, 5) is 12.2. The van der Waals surface area contributed by atoms with Crippen LogP contribution in [-0.2, 0) is 19.6 Å². The number of hydrogen-bond acceptors (Lipinski definition) is 5. The molecule has 8 heteroatoms. The van der Waals surface area contributed by atoms with E-state index in [-0.39, 0.29) is 22.8 Å². The number of hydrogen-bond donors (Lipinski definition) is 3. The Morgan fingerprint density at radius 1 is 1.33 bits per heavy atom. The number of primary sulfonamides is 1.